The number of hydrogen-bond acceptors (Lipinski definition) is 6. The minimum absolute atomic E-state index is 0.0380. The molecule has 1 heterocycles. The van der Waals surface area contributed by atoms with Gasteiger partial charge in [0.05, 0.1) is 19.0 Å². The van der Waals surface area contributed by atoms with Crippen LogP contribution in [0.2, 0.25) is 0 Å². The van der Waals surface area contributed by atoms with Gasteiger partial charge in [-0.25, -0.2) is 0 Å². The maximum absolute atomic E-state index is 12.8. The van der Waals surface area contributed by atoms with Gasteiger partial charge in [-0.1, -0.05) is 36.7 Å². The molecular weight excluding hydrogens is 436 g/mol. The van der Waals surface area contributed by atoms with Gasteiger partial charge in [0.15, 0.2) is 11.0 Å². The van der Waals surface area contributed by atoms with Crippen molar-refractivity contribution >= 4 is 17.7 Å². The van der Waals surface area contributed by atoms with Crippen LogP contribution in [0.1, 0.15) is 39.5 Å². The van der Waals surface area contributed by atoms with Crippen molar-refractivity contribution < 1.29 is 14.3 Å². The van der Waals surface area contributed by atoms with Gasteiger partial charge in [0.25, 0.3) is 0 Å². The molecule has 1 saturated carbocycles. The Hall–Kier alpha value is -3.00. The normalized spacial score (nSPS) is 14.8. The molecule has 1 unspecified atom stereocenters. The summed E-state index contributed by atoms with van der Waals surface area (Å²) in [5.41, 5.74) is 1.78. The molecule has 0 spiro atoms. The van der Waals surface area contributed by atoms with Crippen LogP contribution in [0.4, 0.5) is 0 Å². The molecule has 0 bridgehead atoms. The predicted molar refractivity (Wildman–Crippen MR) is 130 cm³/mol. The molecule has 174 valence electrons. The average molecular weight is 467 g/mol. The zero-order valence-corrected chi connectivity index (χ0v) is 20.1. The number of thioether (sulfide) groups is 1. The number of amides is 1. The standard InChI is InChI=1S/C25H30N4O3S/c1-4-32-21-14-12-20(13-15-21)29-23(18-8-7-11-22(16-18)31-3)27-28-25(29)33-17(2)24(30)26-19-9-5-6-10-19/h7-8,11-17,19H,4-6,9-10H2,1-3H3,(H,26,30). The number of nitrogens with one attached hydrogen (secondary N) is 1. The van der Waals surface area contributed by atoms with Gasteiger partial charge in [-0.2, -0.15) is 0 Å². The Kier molecular flexibility index (Phi) is 7.54. The largest absolute Gasteiger partial charge is 0.497 e. The summed E-state index contributed by atoms with van der Waals surface area (Å²) < 4.78 is 13.0. The number of methoxy groups -OCH3 is 1. The summed E-state index contributed by atoms with van der Waals surface area (Å²) in [6.45, 7) is 4.48. The van der Waals surface area contributed by atoms with Crippen molar-refractivity contribution in [3.8, 4) is 28.6 Å². The third kappa shape index (κ3) is 5.50. The fourth-order valence-corrected chi connectivity index (χ4v) is 4.86. The van der Waals surface area contributed by atoms with Crippen molar-refractivity contribution in [2.45, 2.75) is 56.0 Å². The van der Waals surface area contributed by atoms with Crippen LogP contribution in [0, 0.1) is 0 Å². The summed E-state index contributed by atoms with van der Waals surface area (Å²) in [4.78, 5) is 12.8. The van der Waals surface area contributed by atoms with Crippen LogP contribution in [0.5, 0.6) is 11.5 Å². The zero-order chi connectivity index (χ0) is 23.2. The second-order valence-corrected chi connectivity index (χ2v) is 9.36. The third-order valence-corrected chi connectivity index (χ3v) is 6.76. The second kappa shape index (κ2) is 10.7. The maximum Gasteiger partial charge on any atom is 0.233 e. The van der Waals surface area contributed by atoms with Gasteiger partial charge in [-0.3, -0.25) is 9.36 Å². The molecule has 1 aliphatic rings. The minimum Gasteiger partial charge on any atom is -0.497 e. The van der Waals surface area contributed by atoms with Crippen LogP contribution in [-0.2, 0) is 4.79 Å². The van der Waals surface area contributed by atoms with Gasteiger partial charge >= 0.3 is 0 Å². The van der Waals surface area contributed by atoms with Gasteiger partial charge in [-0.15, -0.1) is 10.2 Å². The Morgan fingerprint density at radius 2 is 1.91 bits per heavy atom. The van der Waals surface area contributed by atoms with Crippen LogP contribution in [0.15, 0.2) is 53.7 Å². The molecule has 8 heteroatoms. The average Bonchev–Trinajstić information content (AvgIpc) is 3.50. The fourth-order valence-electron chi connectivity index (χ4n) is 3.99. The predicted octanol–water partition coefficient (Wildman–Crippen LogP) is 4.88. The lowest BCUT2D eigenvalue weighted by molar-refractivity contribution is -0.120. The monoisotopic (exact) mass is 466 g/mol. The molecule has 4 rings (SSSR count). The van der Waals surface area contributed by atoms with Gasteiger partial charge in [0, 0.05) is 17.3 Å². The highest BCUT2D eigenvalue weighted by atomic mass is 32.2. The quantitative estimate of drug-likeness (QED) is 0.453. The summed E-state index contributed by atoms with van der Waals surface area (Å²) in [6, 6.07) is 15.8. The summed E-state index contributed by atoms with van der Waals surface area (Å²) in [6.07, 6.45) is 4.49. The fraction of sp³-hybridized carbons (Fsp3) is 0.400. The van der Waals surface area contributed by atoms with Gasteiger partial charge in [0.2, 0.25) is 5.91 Å². The number of aromatic nitrogens is 3. The van der Waals surface area contributed by atoms with Crippen LogP contribution in [-0.4, -0.2) is 45.7 Å². The van der Waals surface area contributed by atoms with Crippen molar-refractivity contribution in [2.75, 3.05) is 13.7 Å². The molecule has 0 saturated heterocycles. The topological polar surface area (TPSA) is 78.3 Å². The Morgan fingerprint density at radius 3 is 2.61 bits per heavy atom. The van der Waals surface area contributed by atoms with E-state index in [2.05, 4.69) is 15.5 Å². The molecule has 7 nitrogen and oxygen atoms in total. The van der Waals surface area contributed by atoms with Gasteiger partial charge in [-0.05, 0) is 63.1 Å². The molecule has 1 aliphatic carbocycles. The van der Waals surface area contributed by atoms with E-state index < -0.39 is 0 Å². The van der Waals surface area contributed by atoms with Crippen molar-refractivity contribution in [3.05, 3.63) is 48.5 Å². The van der Waals surface area contributed by atoms with Gasteiger partial charge < -0.3 is 14.8 Å². The van der Waals surface area contributed by atoms with Crippen LogP contribution >= 0.6 is 11.8 Å². The molecule has 3 aromatic rings. The van der Waals surface area contributed by atoms with Crippen molar-refractivity contribution in [1.82, 2.24) is 20.1 Å². The first-order chi connectivity index (χ1) is 16.1. The number of carbonyl (C=O) groups excluding carboxylic acids is 1. The number of nitrogens with zero attached hydrogens (tertiary/aromatic N) is 3. The number of rotatable bonds is 9. The Bertz CT molecular complexity index is 1080. The van der Waals surface area contributed by atoms with E-state index in [-0.39, 0.29) is 17.2 Å². The Morgan fingerprint density at radius 1 is 1.15 bits per heavy atom. The highest BCUT2D eigenvalue weighted by Crippen LogP contribution is 2.32. The molecule has 1 amide bonds. The lowest BCUT2D eigenvalue weighted by atomic mass is 10.2. The number of carbonyl (C=O) groups is 1. The molecule has 33 heavy (non-hydrogen) atoms. The Labute approximate surface area is 198 Å². The van der Waals surface area contributed by atoms with E-state index in [0.29, 0.717) is 17.6 Å². The molecular formula is C25H30N4O3S. The molecule has 1 aromatic heterocycles. The van der Waals surface area contributed by atoms with E-state index in [0.717, 1.165) is 35.6 Å². The zero-order valence-electron chi connectivity index (χ0n) is 19.3. The summed E-state index contributed by atoms with van der Waals surface area (Å²) >= 11 is 1.41. The molecule has 2 aromatic carbocycles. The molecule has 1 atom stereocenters. The maximum atomic E-state index is 12.8. The van der Waals surface area contributed by atoms with Crippen molar-refractivity contribution in [1.29, 1.82) is 0 Å². The summed E-state index contributed by atoms with van der Waals surface area (Å²) in [5.74, 6) is 2.27. The first-order valence-corrected chi connectivity index (χ1v) is 12.3. The smallest absolute Gasteiger partial charge is 0.233 e. The Balaban J connectivity index is 1.66. The van der Waals surface area contributed by atoms with Gasteiger partial charge in [0.1, 0.15) is 11.5 Å². The van der Waals surface area contributed by atoms with E-state index >= 15 is 0 Å². The number of hydrogen-bond donors (Lipinski definition) is 1. The van der Waals surface area contributed by atoms with Crippen molar-refractivity contribution in [2.24, 2.45) is 0 Å². The lowest BCUT2D eigenvalue weighted by Gasteiger charge is -2.17. The van der Waals surface area contributed by atoms with E-state index in [1.54, 1.807) is 7.11 Å². The molecule has 1 N–H and O–H groups in total. The van der Waals surface area contributed by atoms with Crippen molar-refractivity contribution in [3.63, 3.8) is 0 Å². The van der Waals surface area contributed by atoms with Crippen LogP contribution in [0.25, 0.3) is 17.1 Å². The number of ether oxygens (including phenoxy) is 2. The summed E-state index contributed by atoms with van der Waals surface area (Å²) in [7, 11) is 1.64. The third-order valence-electron chi connectivity index (χ3n) is 5.72. The van der Waals surface area contributed by atoms with Crippen LogP contribution in [0.3, 0.4) is 0 Å². The van der Waals surface area contributed by atoms with E-state index in [4.69, 9.17) is 9.47 Å². The van der Waals surface area contributed by atoms with E-state index in [1.807, 2.05) is 66.9 Å². The van der Waals surface area contributed by atoms with E-state index in [9.17, 15) is 4.79 Å². The van der Waals surface area contributed by atoms with Crippen LogP contribution < -0.4 is 14.8 Å². The molecule has 0 aliphatic heterocycles. The summed E-state index contributed by atoms with van der Waals surface area (Å²) in [5, 5.41) is 12.5. The SMILES string of the molecule is CCOc1ccc(-n2c(SC(C)C(=O)NC3CCCC3)nnc2-c2cccc(OC)c2)cc1. The van der Waals surface area contributed by atoms with E-state index in [1.165, 1.54) is 24.6 Å². The molecule has 1 fully saturated rings. The minimum atomic E-state index is -0.297. The first-order valence-electron chi connectivity index (χ1n) is 11.4. The first kappa shape index (κ1) is 23.2. The second-order valence-electron chi connectivity index (χ2n) is 8.05. The lowest BCUT2D eigenvalue weighted by Crippen LogP contribution is -2.37. The highest BCUT2D eigenvalue weighted by Gasteiger charge is 2.25. The number of benzene rings is 2. The molecule has 0 radical (unpaired) electrons. The highest BCUT2D eigenvalue weighted by molar-refractivity contribution is 8.00.